The summed E-state index contributed by atoms with van der Waals surface area (Å²) in [5, 5.41) is 3.18. The van der Waals surface area contributed by atoms with Gasteiger partial charge in [-0.05, 0) is 44.0 Å². The van der Waals surface area contributed by atoms with Crippen LogP contribution in [0.3, 0.4) is 0 Å². The highest BCUT2D eigenvalue weighted by Gasteiger charge is 2.18. The van der Waals surface area contributed by atoms with Crippen LogP contribution in [0.4, 0.5) is 0 Å². The first-order chi connectivity index (χ1) is 12.7. The molecule has 1 aliphatic rings. The van der Waals surface area contributed by atoms with Crippen molar-refractivity contribution in [1.29, 1.82) is 0 Å². The zero-order valence-electron chi connectivity index (χ0n) is 15.6. The Morgan fingerprint density at radius 3 is 2.35 bits per heavy atom. The van der Waals surface area contributed by atoms with Crippen LogP contribution in [0, 0.1) is 6.92 Å². The van der Waals surface area contributed by atoms with Gasteiger partial charge in [-0.1, -0.05) is 32.1 Å². The maximum atomic E-state index is 12.7. The van der Waals surface area contributed by atoms with Gasteiger partial charge >= 0.3 is 0 Å². The van der Waals surface area contributed by atoms with E-state index in [1.165, 1.54) is 32.1 Å². The molecule has 5 heteroatoms. The first kappa shape index (κ1) is 18.4. The van der Waals surface area contributed by atoms with E-state index in [4.69, 9.17) is 4.74 Å². The van der Waals surface area contributed by atoms with Crippen molar-refractivity contribution in [2.24, 2.45) is 0 Å². The van der Waals surface area contributed by atoms with Crippen molar-refractivity contribution >= 4 is 5.91 Å². The summed E-state index contributed by atoms with van der Waals surface area (Å²) in [7, 11) is 1.64. The number of rotatable bonds is 4. The molecular weight excluding hydrogens is 326 g/mol. The van der Waals surface area contributed by atoms with Gasteiger partial charge in [0, 0.05) is 17.8 Å². The number of carbonyl (C=O) groups excluding carboxylic acids is 1. The summed E-state index contributed by atoms with van der Waals surface area (Å²) in [6.45, 7) is 1.86. The molecule has 0 saturated heterocycles. The molecule has 1 fully saturated rings. The minimum Gasteiger partial charge on any atom is -0.497 e. The van der Waals surface area contributed by atoms with E-state index < -0.39 is 0 Å². The van der Waals surface area contributed by atoms with Gasteiger partial charge in [0.05, 0.1) is 18.4 Å². The third-order valence-electron chi connectivity index (χ3n) is 5.01. The molecule has 1 N–H and O–H groups in total. The maximum absolute atomic E-state index is 12.7. The van der Waals surface area contributed by atoms with E-state index in [1.807, 2.05) is 31.2 Å². The summed E-state index contributed by atoms with van der Waals surface area (Å²) in [5.41, 5.74) is 2.17. The molecule has 0 bridgehead atoms. The second-order valence-electron chi connectivity index (χ2n) is 6.94. The molecule has 3 rings (SSSR count). The fourth-order valence-corrected chi connectivity index (χ4v) is 3.43. The average Bonchev–Trinajstić information content (AvgIpc) is 2.63. The largest absolute Gasteiger partial charge is 0.497 e. The Morgan fingerprint density at radius 1 is 1.08 bits per heavy atom. The molecule has 0 spiro atoms. The molecule has 1 aliphatic carbocycles. The van der Waals surface area contributed by atoms with Crippen molar-refractivity contribution in [2.75, 3.05) is 7.11 Å². The summed E-state index contributed by atoms with van der Waals surface area (Å²) in [5.74, 6) is 1.35. The van der Waals surface area contributed by atoms with Crippen molar-refractivity contribution in [2.45, 2.75) is 57.9 Å². The lowest BCUT2D eigenvalue weighted by Crippen LogP contribution is -2.35. The highest BCUT2D eigenvalue weighted by atomic mass is 16.5. The fraction of sp³-hybridized carbons (Fsp3) is 0.476. The molecule has 1 aromatic carbocycles. The van der Waals surface area contributed by atoms with E-state index in [0.29, 0.717) is 17.1 Å². The number of nitrogens with zero attached hydrogens (tertiary/aromatic N) is 2. The number of nitrogens with one attached hydrogen (secondary N) is 1. The Bertz CT molecular complexity index is 735. The van der Waals surface area contributed by atoms with E-state index in [9.17, 15) is 4.79 Å². The lowest BCUT2D eigenvalue weighted by atomic mass is 9.96. The zero-order valence-corrected chi connectivity index (χ0v) is 15.6. The molecule has 1 saturated carbocycles. The van der Waals surface area contributed by atoms with Crippen LogP contribution < -0.4 is 10.1 Å². The first-order valence-corrected chi connectivity index (χ1v) is 9.46. The standard InChI is InChI=1S/C21H27N3O2/c1-15-19(21(25)24-17-8-6-4-3-5-7-9-17)14-22-20(23-15)16-10-12-18(26-2)13-11-16/h10-14,17H,3-9H2,1-2H3,(H,24,25). The number of hydrogen-bond donors (Lipinski definition) is 1. The Labute approximate surface area is 155 Å². The number of amides is 1. The van der Waals surface area contributed by atoms with Crippen molar-refractivity contribution in [3.63, 3.8) is 0 Å². The Hall–Kier alpha value is -2.43. The molecule has 0 radical (unpaired) electrons. The fourth-order valence-electron chi connectivity index (χ4n) is 3.43. The van der Waals surface area contributed by atoms with Crippen LogP contribution in [0.15, 0.2) is 30.5 Å². The Balaban J connectivity index is 1.70. The van der Waals surface area contributed by atoms with Gasteiger partial charge in [-0.3, -0.25) is 4.79 Å². The van der Waals surface area contributed by atoms with E-state index in [-0.39, 0.29) is 11.9 Å². The highest BCUT2D eigenvalue weighted by molar-refractivity contribution is 5.95. The maximum Gasteiger partial charge on any atom is 0.254 e. The SMILES string of the molecule is COc1ccc(-c2ncc(C(=O)NC3CCCCCCC3)c(C)n2)cc1. The number of benzene rings is 1. The molecule has 0 unspecified atom stereocenters. The van der Waals surface area contributed by atoms with E-state index in [1.54, 1.807) is 13.3 Å². The molecule has 1 heterocycles. The molecule has 1 aromatic heterocycles. The molecule has 26 heavy (non-hydrogen) atoms. The second kappa shape index (κ2) is 8.79. The van der Waals surface area contributed by atoms with Crippen LogP contribution in [-0.4, -0.2) is 29.0 Å². The minimum absolute atomic E-state index is 0.0608. The van der Waals surface area contributed by atoms with E-state index in [2.05, 4.69) is 15.3 Å². The molecule has 138 valence electrons. The Kier molecular flexibility index (Phi) is 6.21. The van der Waals surface area contributed by atoms with Crippen molar-refractivity contribution in [1.82, 2.24) is 15.3 Å². The number of ether oxygens (including phenoxy) is 1. The smallest absolute Gasteiger partial charge is 0.254 e. The van der Waals surface area contributed by atoms with Gasteiger partial charge in [-0.25, -0.2) is 9.97 Å². The number of methoxy groups -OCH3 is 1. The first-order valence-electron chi connectivity index (χ1n) is 9.46. The summed E-state index contributed by atoms with van der Waals surface area (Å²) < 4.78 is 5.17. The second-order valence-corrected chi connectivity index (χ2v) is 6.94. The average molecular weight is 353 g/mol. The van der Waals surface area contributed by atoms with Crippen molar-refractivity contribution < 1.29 is 9.53 Å². The topological polar surface area (TPSA) is 64.1 Å². The predicted octanol–water partition coefficient (Wildman–Crippen LogP) is 4.30. The van der Waals surface area contributed by atoms with E-state index in [0.717, 1.165) is 24.2 Å². The van der Waals surface area contributed by atoms with Gasteiger partial charge in [0.2, 0.25) is 0 Å². The molecule has 5 nitrogen and oxygen atoms in total. The molecule has 2 aromatic rings. The van der Waals surface area contributed by atoms with Crippen LogP contribution in [0.1, 0.15) is 61.0 Å². The summed E-state index contributed by atoms with van der Waals surface area (Å²) >= 11 is 0. The number of carbonyl (C=O) groups is 1. The van der Waals surface area contributed by atoms with Gasteiger partial charge in [-0.2, -0.15) is 0 Å². The quantitative estimate of drug-likeness (QED) is 0.890. The monoisotopic (exact) mass is 353 g/mol. The van der Waals surface area contributed by atoms with Crippen LogP contribution in [0.25, 0.3) is 11.4 Å². The van der Waals surface area contributed by atoms with Gasteiger partial charge in [0.15, 0.2) is 5.82 Å². The van der Waals surface area contributed by atoms with E-state index >= 15 is 0 Å². The van der Waals surface area contributed by atoms with Gasteiger partial charge in [-0.15, -0.1) is 0 Å². The van der Waals surface area contributed by atoms with Crippen molar-refractivity contribution in [3.05, 3.63) is 41.7 Å². The number of aromatic nitrogens is 2. The van der Waals surface area contributed by atoms with Crippen LogP contribution in [0.2, 0.25) is 0 Å². The van der Waals surface area contributed by atoms with Gasteiger partial charge in [0.1, 0.15) is 5.75 Å². The summed E-state index contributed by atoms with van der Waals surface area (Å²) in [6, 6.07) is 7.86. The van der Waals surface area contributed by atoms with Crippen LogP contribution >= 0.6 is 0 Å². The number of aryl methyl sites for hydroxylation is 1. The zero-order chi connectivity index (χ0) is 18.4. The highest BCUT2D eigenvalue weighted by Crippen LogP contribution is 2.21. The predicted molar refractivity (Wildman–Crippen MR) is 102 cm³/mol. The molecule has 0 atom stereocenters. The normalized spacial score (nSPS) is 15.8. The lowest BCUT2D eigenvalue weighted by molar-refractivity contribution is 0.0929. The van der Waals surface area contributed by atoms with Gasteiger partial charge < -0.3 is 10.1 Å². The molecular formula is C21H27N3O2. The summed E-state index contributed by atoms with van der Waals surface area (Å²) in [4.78, 5) is 21.6. The van der Waals surface area contributed by atoms with Crippen molar-refractivity contribution in [3.8, 4) is 17.1 Å². The number of hydrogen-bond acceptors (Lipinski definition) is 4. The van der Waals surface area contributed by atoms with Gasteiger partial charge in [0.25, 0.3) is 5.91 Å². The lowest BCUT2D eigenvalue weighted by Gasteiger charge is -2.21. The minimum atomic E-state index is -0.0608. The third kappa shape index (κ3) is 4.59. The molecule has 1 amide bonds. The molecule has 0 aliphatic heterocycles. The summed E-state index contributed by atoms with van der Waals surface area (Å²) in [6.07, 6.45) is 10.0. The van der Waals surface area contributed by atoms with Crippen LogP contribution in [0.5, 0.6) is 5.75 Å². The Morgan fingerprint density at radius 2 is 1.73 bits per heavy atom. The third-order valence-corrected chi connectivity index (χ3v) is 5.01. The van der Waals surface area contributed by atoms with Crippen LogP contribution in [-0.2, 0) is 0 Å².